The number of amides is 5. The summed E-state index contributed by atoms with van der Waals surface area (Å²) >= 11 is 6.24. The predicted molar refractivity (Wildman–Crippen MR) is 211 cm³/mol. The van der Waals surface area contributed by atoms with Crippen molar-refractivity contribution in [2.75, 3.05) is 62.2 Å². The summed E-state index contributed by atoms with van der Waals surface area (Å²) in [5.74, 6) is -0.746. The topological polar surface area (TPSA) is 147 Å². The van der Waals surface area contributed by atoms with Crippen LogP contribution in [-0.4, -0.2) is 115 Å². The minimum atomic E-state index is -0.974. The molecule has 0 radical (unpaired) electrons. The number of benzene rings is 3. The number of piperazine rings is 1. The Morgan fingerprint density at radius 1 is 0.754 bits per heavy atom. The quantitative estimate of drug-likeness (QED) is 0.344. The fraction of sp³-hybridized carbons (Fsp3) is 0.442. The van der Waals surface area contributed by atoms with Crippen molar-refractivity contribution >= 4 is 52.5 Å². The van der Waals surface area contributed by atoms with Gasteiger partial charge in [0.1, 0.15) is 24.0 Å². The number of nitrogens with one attached hydrogen (secondary N) is 1. The van der Waals surface area contributed by atoms with Gasteiger partial charge in [0.15, 0.2) is 0 Å². The van der Waals surface area contributed by atoms with Crippen LogP contribution in [0, 0.1) is 23.2 Å². The SMILES string of the molecule is N#Cc1ccc(OC2C3CCC2CN(C(=O)c2ccc(N4CCN(C5CCN(c6ccc7c(c6)C(=O)N(C6CCC(=O)NC6=O)C7=O)CC5)CC4)cc2)C3)cc1Cl. The van der Waals surface area contributed by atoms with Gasteiger partial charge in [0.05, 0.1) is 21.7 Å². The van der Waals surface area contributed by atoms with Gasteiger partial charge in [0.25, 0.3) is 17.7 Å². The van der Waals surface area contributed by atoms with Crippen molar-refractivity contribution in [1.82, 2.24) is 20.0 Å². The Labute approximate surface area is 336 Å². The number of nitriles is 1. The molecule has 5 heterocycles. The number of fused-ring (bicyclic) bond motifs is 3. The largest absolute Gasteiger partial charge is 0.490 e. The van der Waals surface area contributed by atoms with Crippen LogP contribution in [0.5, 0.6) is 5.75 Å². The van der Waals surface area contributed by atoms with Gasteiger partial charge < -0.3 is 19.4 Å². The molecule has 3 atom stereocenters. The molecule has 0 spiro atoms. The number of hydrogen-bond donors (Lipinski definition) is 1. The third-order valence-electron chi connectivity index (χ3n) is 12.9. The average Bonchev–Trinajstić information content (AvgIpc) is 3.60. The highest BCUT2D eigenvalue weighted by Crippen LogP contribution is 2.41. The minimum absolute atomic E-state index is 0.0259. The van der Waals surface area contributed by atoms with E-state index in [1.807, 2.05) is 23.1 Å². The van der Waals surface area contributed by atoms with E-state index >= 15 is 0 Å². The third-order valence-corrected chi connectivity index (χ3v) is 13.2. The molecule has 0 aromatic heterocycles. The molecule has 5 amide bonds. The Morgan fingerprint density at radius 2 is 1.42 bits per heavy atom. The maximum absolute atomic E-state index is 13.6. The van der Waals surface area contributed by atoms with E-state index in [4.69, 9.17) is 16.3 Å². The minimum Gasteiger partial charge on any atom is -0.490 e. The first-order chi connectivity index (χ1) is 27.6. The third kappa shape index (κ3) is 6.99. The zero-order valence-corrected chi connectivity index (χ0v) is 32.3. The highest BCUT2D eigenvalue weighted by atomic mass is 35.5. The molecule has 1 saturated carbocycles. The molecular weight excluding hydrogens is 746 g/mol. The van der Waals surface area contributed by atoms with Crippen LogP contribution in [-0.2, 0) is 9.59 Å². The Morgan fingerprint density at radius 3 is 2.09 bits per heavy atom. The van der Waals surface area contributed by atoms with Crippen molar-refractivity contribution in [2.24, 2.45) is 11.8 Å². The van der Waals surface area contributed by atoms with Crippen LogP contribution in [0.25, 0.3) is 0 Å². The number of piperidine rings is 3. The Balaban J connectivity index is 0.747. The van der Waals surface area contributed by atoms with Gasteiger partial charge in [-0.05, 0) is 86.7 Å². The summed E-state index contributed by atoms with van der Waals surface area (Å²) in [6.45, 7) is 6.68. The molecule has 13 nitrogen and oxygen atoms in total. The molecule has 2 bridgehead atoms. The fourth-order valence-corrected chi connectivity index (χ4v) is 10.0. The predicted octanol–water partition coefficient (Wildman–Crippen LogP) is 4.33. The summed E-state index contributed by atoms with van der Waals surface area (Å²) in [5.41, 5.74) is 3.74. The summed E-state index contributed by atoms with van der Waals surface area (Å²) < 4.78 is 6.37. The highest BCUT2D eigenvalue weighted by molar-refractivity contribution is 6.31. The number of carbonyl (C=O) groups excluding carboxylic acids is 5. The molecule has 1 N–H and O–H groups in total. The van der Waals surface area contributed by atoms with Gasteiger partial charge in [0, 0.05) is 99.7 Å². The number of likely N-dealkylation sites (tertiary alicyclic amines) is 1. The second kappa shape index (κ2) is 15.1. The Hall–Kier alpha value is -5.45. The summed E-state index contributed by atoms with van der Waals surface area (Å²) in [4.78, 5) is 74.4. The smallest absolute Gasteiger partial charge is 0.262 e. The van der Waals surface area contributed by atoms with Gasteiger partial charge in [-0.25, -0.2) is 0 Å². The molecule has 9 rings (SSSR count). The number of anilines is 2. The maximum Gasteiger partial charge on any atom is 0.262 e. The van der Waals surface area contributed by atoms with Gasteiger partial charge in [-0.15, -0.1) is 0 Å². The van der Waals surface area contributed by atoms with Crippen LogP contribution < -0.4 is 19.9 Å². The lowest BCUT2D eigenvalue weighted by Crippen LogP contribution is -2.54. The lowest BCUT2D eigenvalue weighted by molar-refractivity contribution is -0.136. The van der Waals surface area contributed by atoms with Crippen LogP contribution >= 0.6 is 11.6 Å². The molecule has 3 aromatic carbocycles. The van der Waals surface area contributed by atoms with Crippen LogP contribution in [0.1, 0.15) is 75.2 Å². The van der Waals surface area contributed by atoms with Gasteiger partial charge in [-0.3, -0.25) is 39.1 Å². The van der Waals surface area contributed by atoms with Crippen molar-refractivity contribution in [3.63, 3.8) is 0 Å². The molecular formula is C43H44ClN7O6. The van der Waals surface area contributed by atoms with E-state index in [-0.39, 0.29) is 36.7 Å². The molecule has 3 unspecified atom stereocenters. The first kappa shape index (κ1) is 37.1. The standard InChI is InChI=1S/C43H44ClN7O6/c44-36-22-33(9-5-27(36)23-45)57-39-28-1-2-29(39)25-50(24-28)41(54)26-3-6-30(7-4-26)48-17-19-49(20-18-48)31-13-15-47(16-14-31)32-8-10-34-35(21-32)43(56)51(42(34)55)37-11-12-38(52)46-40(37)53/h3-10,21-22,28-29,31,37,39H,1-2,11-20,24-25H2,(H,46,52,53). The highest BCUT2D eigenvalue weighted by Gasteiger charge is 2.46. The molecule has 3 aromatic rings. The Bertz CT molecular complexity index is 2160. The first-order valence-corrected chi connectivity index (χ1v) is 20.4. The number of imide groups is 2. The lowest BCUT2D eigenvalue weighted by atomic mass is 9.94. The van der Waals surface area contributed by atoms with Crippen molar-refractivity contribution in [3.8, 4) is 11.8 Å². The van der Waals surface area contributed by atoms with E-state index in [1.54, 1.807) is 30.3 Å². The molecule has 14 heteroatoms. The zero-order valence-electron chi connectivity index (χ0n) is 31.6. The molecule has 5 fully saturated rings. The number of ether oxygens (including phenoxy) is 1. The molecule has 57 heavy (non-hydrogen) atoms. The first-order valence-electron chi connectivity index (χ1n) is 20.0. The second-order valence-corrected chi connectivity index (χ2v) is 16.5. The second-order valence-electron chi connectivity index (χ2n) is 16.1. The number of halogens is 1. The van der Waals surface area contributed by atoms with Crippen molar-refractivity contribution in [2.45, 2.75) is 56.7 Å². The summed E-state index contributed by atoms with van der Waals surface area (Å²) in [5, 5.41) is 11.8. The van der Waals surface area contributed by atoms with E-state index < -0.39 is 29.7 Å². The fourth-order valence-electron chi connectivity index (χ4n) is 9.84. The Kier molecular flexibility index (Phi) is 9.86. The molecule has 6 aliphatic rings. The van der Waals surface area contributed by atoms with Crippen molar-refractivity contribution in [1.29, 1.82) is 5.26 Å². The van der Waals surface area contributed by atoms with Crippen molar-refractivity contribution < 1.29 is 28.7 Å². The van der Waals surface area contributed by atoms with Gasteiger partial charge in [-0.1, -0.05) is 11.6 Å². The summed E-state index contributed by atoms with van der Waals surface area (Å²) in [6.07, 6.45) is 4.25. The number of rotatable bonds is 7. The normalized spacial score (nSPS) is 25.4. The van der Waals surface area contributed by atoms with E-state index in [0.29, 0.717) is 52.2 Å². The van der Waals surface area contributed by atoms with Gasteiger partial charge >= 0.3 is 0 Å². The van der Waals surface area contributed by atoms with Gasteiger partial charge in [0.2, 0.25) is 11.8 Å². The van der Waals surface area contributed by atoms with E-state index in [9.17, 15) is 29.2 Å². The van der Waals surface area contributed by atoms with Crippen LogP contribution in [0.2, 0.25) is 5.02 Å². The van der Waals surface area contributed by atoms with E-state index in [2.05, 4.69) is 38.2 Å². The average molecular weight is 790 g/mol. The van der Waals surface area contributed by atoms with E-state index in [1.165, 1.54) is 0 Å². The molecule has 5 aliphatic heterocycles. The van der Waals surface area contributed by atoms with Crippen LogP contribution in [0.4, 0.5) is 11.4 Å². The summed E-state index contributed by atoms with van der Waals surface area (Å²) in [6, 6.07) is 20.1. The molecule has 1 aliphatic carbocycles. The number of nitrogens with zero attached hydrogens (tertiary/aromatic N) is 6. The van der Waals surface area contributed by atoms with Crippen LogP contribution in [0.15, 0.2) is 60.7 Å². The molecule has 294 valence electrons. The van der Waals surface area contributed by atoms with Gasteiger partial charge in [-0.2, -0.15) is 5.26 Å². The van der Waals surface area contributed by atoms with E-state index in [0.717, 1.165) is 81.2 Å². The van der Waals surface area contributed by atoms with Crippen LogP contribution in [0.3, 0.4) is 0 Å². The number of hydrogen-bond acceptors (Lipinski definition) is 10. The molecule has 4 saturated heterocycles. The number of carbonyl (C=O) groups is 5. The lowest BCUT2D eigenvalue weighted by Gasteiger charge is -2.44. The summed E-state index contributed by atoms with van der Waals surface area (Å²) in [7, 11) is 0. The zero-order chi connectivity index (χ0) is 39.4. The monoisotopic (exact) mass is 789 g/mol. The van der Waals surface area contributed by atoms with Crippen molar-refractivity contribution in [3.05, 3.63) is 87.9 Å². The maximum atomic E-state index is 13.6.